The van der Waals surface area contributed by atoms with Gasteiger partial charge in [0.1, 0.15) is 5.82 Å². The van der Waals surface area contributed by atoms with Gasteiger partial charge >= 0.3 is 0 Å². The second-order valence-electron chi connectivity index (χ2n) is 3.80. The number of anilines is 1. The minimum atomic E-state index is 0.559. The van der Waals surface area contributed by atoms with Gasteiger partial charge in [-0.2, -0.15) is 0 Å². The summed E-state index contributed by atoms with van der Waals surface area (Å²) in [6.07, 6.45) is 0. The molecule has 0 unspecified atom stereocenters. The van der Waals surface area contributed by atoms with Crippen molar-refractivity contribution >= 4 is 16.7 Å². The van der Waals surface area contributed by atoms with E-state index in [2.05, 4.69) is 17.1 Å². The summed E-state index contributed by atoms with van der Waals surface area (Å²) in [5, 5.41) is 1.15. The lowest BCUT2D eigenvalue weighted by molar-refractivity contribution is 1.06. The van der Waals surface area contributed by atoms with Gasteiger partial charge in [0.05, 0.1) is 5.52 Å². The quantitative estimate of drug-likeness (QED) is 0.805. The SMILES string of the molecule is CN(C)c1ccc2ccc(CN)cc2n1. The number of hydrogen-bond acceptors (Lipinski definition) is 3. The largest absolute Gasteiger partial charge is 0.363 e. The van der Waals surface area contributed by atoms with E-state index in [-0.39, 0.29) is 0 Å². The van der Waals surface area contributed by atoms with Crippen LogP contribution in [0.15, 0.2) is 30.3 Å². The molecule has 0 amide bonds. The second kappa shape index (κ2) is 3.87. The number of hydrogen-bond donors (Lipinski definition) is 1. The van der Waals surface area contributed by atoms with Gasteiger partial charge in [0.25, 0.3) is 0 Å². The average molecular weight is 201 g/mol. The van der Waals surface area contributed by atoms with Crippen LogP contribution in [-0.4, -0.2) is 19.1 Å². The van der Waals surface area contributed by atoms with Crippen LogP contribution >= 0.6 is 0 Å². The van der Waals surface area contributed by atoms with Crippen molar-refractivity contribution < 1.29 is 0 Å². The van der Waals surface area contributed by atoms with Crippen molar-refractivity contribution in [1.82, 2.24) is 4.98 Å². The molecular formula is C12H15N3. The van der Waals surface area contributed by atoms with E-state index < -0.39 is 0 Å². The first-order valence-corrected chi connectivity index (χ1v) is 4.98. The summed E-state index contributed by atoms with van der Waals surface area (Å²) in [7, 11) is 3.97. The molecule has 2 aromatic rings. The molecule has 0 saturated carbocycles. The highest BCUT2D eigenvalue weighted by molar-refractivity contribution is 5.81. The summed E-state index contributed by atoms with van der Waals surface area (Å²) < 4.78 is 0. The number of benzene rings is 1. The molecule has 1 aromatic carbocycles. The molecule has 0 aliphatic carbocycles. The molecule has 78 valence electrons. The van der Waals surface area contributed by atoms with Crippen LogP contribution in [0.1, 0.15) is 5.56 Å². The zero-order valence-corrected chi connectivity index (χ0v) is 9.07. The Morgan fingerprint density at radius 3 is 2.60 bits per heavy atom. The predicted molar refractivity (Wildman–Crippen MR) is 64.0 cm³/mol. The van der Waals surface area contributed by atoms with Gasteiger partial charge in [0.15, 0.2) is 0 Å². The fourth-order valence-electron chi connectivity index (χ4n) is 1.53. The summed E-state index contributed by atoms with van der Waals surface area (Å²) in [4.78, 5) is 6.55. The van der Waals surface area contributed by atoms with Crippen LogP contribution in [-0.2, 0) is 6.54 Å². The van der Waals surface area contributed by atoms with E-state index in [4.69, 9.17) is 5.73 Å². The third-order valence-electron chi connectivity index (χ3n) is 2.44. The average Bonchev–Trinajstić information content (AvgIpc) is 2.27. The summed E-state index contributed by atoms with van der Waals surface area (Å²) >= 11 is 0. The Labute approximate surface area is 89.5 Å². The zero-order valence-electron chi connectivity index (χ0n) is 9.07. The van der Waals surface area contributed by atoms with Gasteiger partial charge in [0.2, 0.25) is 0 Å². The molecule has 0 atom stereocenters. The summed E-state index contributed by atoms with van der Waals surface area (Å²) in [5.41, 5.74) is 7.72. The normalized spacial score (nSPS) is 10.6. The monoisotopic (exact) mass is 201 g/mol. The van der Waals surface area contributed by atoms with Crippen LogP contribution in [0.3, 0.4) is 0 Å². The highest BCUT2D eigenvalue weighted by Gasteiger charge is 2.00. The molecule has 3 nitrogen and oxygen atoms in total. The van der Waals surface area contributed by atoms with Crippen LogP contribution in [0.4, 0.5) is 5.82 Å². The highest BCUT2D eigenvalue weighted by Crippen LogP contribution is 2.17. The lowest BCUT2D eigenvalue weighted by Crippen LogP contribution is -2.10. The van der Waals surface area contributed by atoms with Crippen LogP contribution < -0.4 is 10.6 Å². The van der Waals surface area contributed by atoms with E-state index in [1.165, 1.54) is 0 Å². The Morgan fingerprint density at radius 1 is 1.20 bits per heavy atom. The minimum absolute atomic E-state index is 0.559. The first kappa shape index (κ1) is 9.93. The Balaban J connectivity index is 2.57. The molecule has 2 rings (SSSR count). The van der Waals surface area contributed by atoms with Gasteiger partial charge in [-0.25, -0.2) is 4.98 Å². The number of aromatic nitrogens is 1. The van der Waals surface area contributed by atoms with Crippen LogP contribution in [0.5, 0.6) is 0 Å². The topological polar surface area (TPSA) is 42.1 Å². The molecule has 0 bridgehead atoms. The Hall–Kier alpha value is -1.61. The summed E-state index contributed by atoms with van der Waals surface area (Å²) in [6, 6.07) is 10.2. The van der Waals surface area contributed by atoms with E-state index in [1.807, 2.05) is 37.2 Å². The predicted octanol–water partition coefficient (Wildman–Crippen LogP) is 1.76. The van der Waals surface area contributed by atoms with E-state index >= 15 is 0 Å². The number of pyridine rings is 1. The molecule has 15 heavy (non-hydrogen) atoms. The third kappa shape index (κ3) is 1.92. The molecule has 2 N–H and O–H groups in total. The van der Waals surface area contributed by atoms with Crippen molar-refractivity contribution in [2.75, 3.05) is 19.0 Å². The maximum Gasteiger partial charge on any atom is 0.128 e. The van der Waals surface area contributed by atoms with Crippen LogP contribution in [0.2, 0.25) is 0 Å². The number of nitrogens with zero attached hydrogens (tertiary/aromatic N) is 2. The minimum Gasteiger partial charge on any atom is -0.363 e. The fourth-order valence-corrected chi connectivity index (χ4v) is 1.53. The molecule has 1 heterocycles. The van der Waals surface area contributed by atoms with Gasteiger partial charge in [-0.05, 0) is 23.8 Å². The van der Waals surface area contributed by atoms with Crippen molar-refractivity contribution in [3.05, 3.63) is 35.9 Å². The Morgan fingerprint density at radius 2 is 1.93 bits per heavy atom. The van der Waals surface area contributed by atoms with Crippen molar-refractivity contribution in [2.45, 2.75) is 6.54 Å². The van der Waals surface area contributed by atoms with Gasteiger partial charge in [-0.15, -0.1) is 0 Å². The van der Waals surface area contributed by atoms with Crippen molar-refractivity contribution in [1.29, 1.82) is 0 Å². The Kier molecular flexibility index (Phi) is 2.56. The fraction of sp³-hybridized carbons (Fsp3) is 0.250. The van der Waals surface area contributed by atoms with Gasteiger partial charge in [-0.1, -0.05) is 12.1 Å². The Bertz CT molecular complexity index is 477. The van der Waals surface area contributed by atoms with Crippen molar-refractivity contribution in [3.63, 3.8) is 0 Å². The molecule has 0 radical (unpaired) electrons. The first-order valence-electron chi connectivity index (χ1n) is 4.98. The first-order chi connectivity index (χ1) is 7.20. The smallest absolute Gasteiger partial charge is 0.128 e. The standard InChI is InChI=1S/C12H15N3/c1-15(2)12-6-5-10-4-3-9(8-13)7-11(10)14-12/h3-7H,8,13H2,1-2H3. The van der Waals surface area contributed by atoms with Gasteiger partial charge < -0.3 is 10.6 Å². The maximum absolute atomic E-state index is 5.60. The molecule has 0 saturated heterocycles. The van der Waals surface area contributed by atoms with Crippen LogP contribution in [0.25, 0.3) is 10.9 Å². The highest BCUT2D eigenvalue weighted by atomic mass is 15.1. The van der Waals surface area contributed by atoms with E-state index in [0.29, 0.717) is 6.54 Å². The summed E-state index contributed by atoms with van der Waals surface area (Å²) in [6.45, 7) is 0.559. The molecule has 0 aliphatic heterocycles. The second-order valence-corrected chi connectivity index (χ2v) is 3.80. The molecular weight excluding hydrogens is 186 g/mol. The number of nitrogens with two attached hydrogens (primary N) is 1. The molecule has 0 spiro atoms. The summed E-state index contributed by atoms with van der Waals surface area (Å²) in [5.74, 6) is 0.969. The molecule has 0 aliphatic rings. The van der Waals surface area contributed by atoms with E-state index in [9.17, 15) is 0 Å². The number of rotatable bonds is 2. The maximum atomic E-state index is 5.60. The van der Waals surface area contributed by atoms with Gasteiger partial charge in [0, 0.05) is 26.0 Å². The molecule has 0 fully saturated rings. The van der Waals surface area contributed by atoms with E-state index in [1.54, 1.807) is 0 Å². The van der Waals surface area contributed by atoms with E-state index in [0.717, 1.165) is 22.3 Å². The number of fused-ring (bicyclic) bond motifs is 1. The zero-order chi connectivity index (χ0) is 10.8. The van der Waals surface area contributed by atoms with Gasteiger partial charge in [-0.3, -0.25) is 0 Å². The molecule has 3 heteroatoms. The molecule has 1 aromatic heterocycles. The lowest BCUT2D eigenvalue weighted by Gasteiger charge is -2.11. The third-order valence-corrected chi connectivity index (χ3v) is 2.44. The van der Waals surface area contributed by atoms with Crippen LogP contribution in [0, 0.1) is 0 Å². The van der Waals surface area contributed by atoms with Crippen molar-refractivity contribution in [2.24, 2.45) is 5.73 Å². The lowest BCUT2D eigenvalue weighted by atomic mass is 10.1. The van der Waals surface area contributed by atoms with Crippen molar-refractivity contribution in [3.8, 4) is 0 Å².